The number of hydrogen-bond donors (Lipinski definition) is 4. The van der Waals surface area contributed by atoms with E-state index in [0.29, 0.717) is 22.4 Å². The molecule has 0 saturated heterocycles. The number of aryl methyl sites for hydroxylation is 2. The molecule has 4 N–H and O–H groups in total. The minimum Gasteiger partial charge on any atom is -0.480 e. The van der Waals surface area contributed by atoms with Gasteiger partial charge in [0, 0.05) is 30.8 Å². The molecule has 15 nitrogen and oxygen atoms in total. The molecule has 1 atom stereocenters. The topological polar surface area (TPSA) is 222 Å². The van der Waals surface area contributed by atoms with Crippen molar-refractivity contribution in [2.75, 3.05) is 11.4 Å². The van der Waals surface area contributed by atoms with Crippen molar-refractivity contribution in [1.29, 1.82) is 0 Å². The van der Waals surface area contributed by atoms with Crippen LogP contribution in [0.1, 0.15) is 46.6 Å². The number of nitrogens with zero attached hydrogens (tertiary/aromatic N) is 3. The second-order valence-corrected chi connectivity index (χ2v) is 12.9. The third-order valence-corrected chi connectivity index (χ3v) is 8.95. The van der Waals surface area contributed by atoms with Gasteiger partial charge in [0.1, 0.15) is 17.7 Å². The second-order valence-electron chi connectivity index (χ2n) is 11.2. The maximum Gasteiger partial charge on any atom is 0.326 e. The highest BCUT2D eigenvalue weighted by atomic mass is 32.2. The van der Waals surface area contributed by atoms with Crippen molar-refractivity contribution in [1.82, 2.24) is 20.0 Å². The van der Waals surface area contributed by atoms with Crippen LogP contribution in [0, 0.1) is 42.1 Å². The fourth-order valence-electron chi connectivity index (χ4n) is 5.05. The number of aliphatic carboxylic acids is 1. The first-order valence-corrected chi connectivity index (χ1v) is 16.4. The fourth-order valence-corrected chi connectivity index (χ4v) is 6.10. The van der Waals surface area contributed by atoms with Gasteiger partial charge >= 0.3 is 5.97 Å². The molecule has 0 aliphatic rings. The maximum atomic E-state index is 15.3. The van der Waals surface area contributed by atoms with E-state index in [4.69, 9.17) is 6.42 Å². The molecular formula is C33H31FN6O9S. The Labute approximate surface area is 284 Å². The quantitative estimate of drug-likeness (QED) is 0.0847. The number of amides is 2. The maximum absolute atomic E-state index is 15.3. The van der Waals surface area contributed by atoms with Crippen LogP contribution in [0.15, 0.2) is 64.3 Å². The Bertz CT molecular complexity index is 2220. The Balaban J connectivity index is 1.41. The molecule has 50 heavy (non-hydrogen) atoms. The summed E-state index contributed by atoms with van der Waals surface area (Å²) in [6.45, 7) is 3.74. The van der Waals surface area contributed by atoms with Crippen LogP contribution in [0.3, 0.4) is 0 Å². The van der Waals surface area contributed by atoms with Crippen LogP contribution >= 0.6 is 0 Å². The first-order chi connectivity index (χ1) is 23.6. The Kier molecular flexibility index (Phi) is 11.3. The third-order valence-electron chi connectivity index (χ3n) is 7.57. The Morgan fingerprint density at radius 3 is 2.56 bits per heavy atom. The predicted octanol–water partition coefficient (Wildman–Crippen LogP) is 3.09. The number of aromatic nitrogens is 2. The molecule has 17 heteroatoms. The lowest BCUT2D eigenvalue weighted by Gasteiger charge is -2.24. The number of hydrogen-bond acceptors (Lipinski definition) is 10. The van der Waals surface area contributed by atoms with E-state index in [1.165, 1.54) is 12.1 Å². The lowest BCUT2D eigenvalue weighted by Crippen LogP contribution is -2.41. The SMILES string of the molecule is C#CCN(Cc1cc2c(=O)[nH]c(C)nc2cc1C)c1ccc(C(=O)N[C@@H](CCCC(=O)NS(=O)(=O)c2cccc([N+](=O)[O-])c2)C(=O)O)c(F)c1. The number of sulfonamides is 1. The van der Waals surface area contributed by atoms with E-state index in [1.807, 2.05) is 6.92 Å². The molecule has 0 fully saturated rings. The Morgan fingerprint density at radius 1 is 1.16 bits per heavy atom. The summed E-state index contributed by atoms with van der Waals surface area (Å²) in [7, 11) is -4.45. The number of fused-ring (bicyclic) bond motifs is 1. The van der Waals surface area contributed by atoms with Crippen LogP contribution < -0.4 is 20.5 Å². The summed E-state index contributed by atoms with van der Waals surface area (Å²) >= 11 is 0. The summed E-state index contributed by atoms with van der Waals surface area (Å²) in [5.74, 6) is -1.53. The molecule has 1 aromatic heterocycles. The van der Waals surface area contributed by atoms with Crippen molar-refractivity contribution in [3.05, 3.63) is 103 Å². The van der Waals surface area contributed by atoms with E-state index >= 15 is 4.39 Å². The Hall–Kier alpha value is -6.15. The summed E-state index contributed by atoms with van der Waals surface area (Å²) in [6, 6.07) is 9.61. The lowest BCUT2D eigenvalue weighted by molar-refractivity contribution is -0.385. The van der Waals surface area contributed by atoms with Crippen molar-refractivity contribution >= 4 is 50.1 Å². The van der Waals surface area contributed by atoms with Crippen molar-refractivity contribution in [3.8, 4) is 12.3 Å². The van der Waals surface area contributed by atoms with Crippen molar-refractivity contribution in [3.63, 3.8) is 0 Å². The monoisotopic (exact) mass is 706 g/mol. The van der Waals surface area contributed by atoms with Crippen LogP contribution in [0.2, 0.25) is 0 Å². The molecule has 0 bridgehead atoms. The number of carboxylic acid groups (broad SMARTS) is 1. The molecule has 0 unspecified atom stereocenters. The number of non-ortho nitro benzene ring substituents is 1. The van der Waals surface area contributed by atoms with E-state index < -0.39 is 67.2 Å². The van der Waals surface area contributed by atoms with Gasteiger partial charge in [0.15, 0.2) is 0 Å². The number of rotatable bonds is 14. The highest BCUT2D eigenvalue weighted by Gasteiger charge is 2.25. The molecule has 260 valence electrons. The molecule has 1 heterocycles. The van der Waals surface area contributed by atoms with Crippen LogP contribution in [0.5, 0.6) is 0 Å². The van der Waals surface area contributed by atoms with Gasteiger partial charge < -0.3 is 20.3 Å². The van der Waals surface area contributed by atoms with Gasteiger partial charge in [-0.3, -0.25) is 24.5 Å². The van der Waals surface area contributed by atoms with Crippen molar-refractivity contribution in [2.45, 2.75) is 50.6 Å². The van der Waals surface area contributed by atoms with Crippen LogP contribution in [-0.2, 0) is 26.2 Å². The Morgan fingerprint density at radius 2 is 1.90 bits per heavy atom. The number of nitro groups is 1. The van der Waals surface area contributed by atoms with E-state index in [9.17, 15) is 42.8 Å². The number of carbonyl (C=O) groups excluding carboxylic acids is 2. The normalized spacial score (nSPS) is 11.7. The molecule has 4 rings (SSSR count). The van der Waals surface area contributed by atoms with Gasteiger partial charge in [0.25, 0.3) is 27.2 Å². The second kappa shape index (κ2) is 15.4. The summed E-state index contributed by atoms with van der Waals surface area (Å²) in [5.41, 5.74) is 1.10. The highest BCUT2D eigenvalue weighted by Crippen LogP contribution is 2.24. The molecule has 2 amide bonds. The van der Waals surface area contributed by atoms with E-state index in [2.05, 4.69) is 21.2 Å². The third kappa shape index (κ3) is 8.85. The molecule has 3 aromatic carbocycles. The van der Waals surface area contributed by atoms with Gasteiger partial charge in [0.05, 0.1) is 32.8 Å². The number of halogens is 1. The lowest BCUT2D eigenvalue weighted by atomic mass is 10.0. The van der Waals surface area contributed by atoms with Gasteiger partial charge in [-0.05, 0) is 74.2 Å². The van der Waals surface area contributed by atoms with Gasteiger partial charge in [0.2, 0.25) is 5.91 Å². The minimum atomic E-state index is -4.45. The van der Waals surface area contributed by atoms with Crippen LogP contribution in [0.25, 0.3) is 10.9 Å². The summed E-state index contributed by atoms with van der Waals surface area (Å²) in [6.07, 6.45) is 4.60. The number of nitro benzene ring substituents is 1. The molecule has 4 aromatic rings. The van der Waals surface area contributed by atoms with Crippen molar-refractivity contribution < 1.29 is 37.2 Å². The van der Waals surface area contributed by atoms with Gasteiger partial charge in [-0.25, -0.2) is 27.3 Å². The number of nitrogens with one attached hydrogen (secondary N) is 3. The predicted molar refractivity (Wildman–Crippen MR) is 179 cm³/mol. The smallest absolute Gasteiger partial charge is 0.326 e. The first kappa shape index (κ1) is 36.7. The zero-order chi connectivity index (χ0) is 36.7. The van der Waals surface area contributed by atoms with Gasteiger partial charge in [-0.15, -0.1) is 6.42 Å². The van der Waals surface area contributed by atoms with Gasteiger partial charge in [-0.1, -0.05) is 12.0 Å². The number of anilines is 1. The number of carboxylic acids is 1. The zero-order valence-electron chi connectivity index (χ0n) is 26.7. The molecule has 0 spiro atoms. The zero-order valence-corrected chi connectivity index (χ0v) is 27.5. The average Bonchev–Trinajstić information content (AvgIpc) is 3.04. The molecule has 0 aliphatic heterocycles. The van der Waals surface area contributed by atoms with Crippen molar-refractivity contribution in [2.24, 2.45) is 0 Å². The van der Waals surface area contributed by atoms with E-state index in [1.54, 1.807) is 28.7 Å². The molecule has 0 aliphatic carbocycles. The van der Waals surface area contributed by atoms with Crippen LogP contribution in [0.4, 0.5) is 15.8 Å². The summed E-state index contributed by atoms with van der Waals surface area (Å²) in [5, 5.41) is 23.2. The summed E-state index contributed by atoms with van der Waals surface area (Å²) in [4.78, 5) is 67.9. The minimum absolute atomic E-state index is 0.0478. The number of aromatic amines is 1. The molecular weight excluding hydrogens is 675 g/mol. The first-order valence-electron chi connectivity index (χ1n) is 14.9. The standard InChI is InChI=1S/C33H31FN6O9S/c1-4-13-39(18-21-15-26-29(14-19(21)2)35-20(3)36-32(26)43)22-11-12-25(27(34)17-22)31(42)37-28(33(44)45)9-6-10-30(41)38-50(48,49)24-8-5-7-23(16-24)40(46)47/h1,5,7-8,11-12,14-17,28H,6,9-10,13,18H2,2-3H3,(H,37,42)(H,38,41)(H,44,45)(H,35,36,43)/t28-/m0/s1. The van der Waals surface area contributed by atoms with E-state index in [-0.39, 0.29) is 31.5 Å². The average molecular weight is 707 g/mol. The largest absolute Gasteiger partial charge is 0.480 e. The van der Waals surface area contributed by atoms with Gasteiger partial charge in [-0.2, -0.15) is 0 Å². The number of H-pyrrole nitrogens is 1. The van der Waals surface area contributed by atoms with E-state index in [0.717, 1.165) is 41.5 Å². The number of terminal acetylenes is 1. The molecule has 0 radical (unpaired) electrons. The summed E-state index contributed by atoms with van der Waals surface area (Å²) < 4.78 is 42.0. The number of benzene rings is 3. The molecule has 0 saturated carbocycles. The highest BCUT2D eigenvalue weighted by molar-refractivity contribution is 7.90. The van der Waals surface area contributed by atoms with Crippen LogP contribution in [-0.4, -0.2) is 58.8 Å². The fraction of sp³-hybridized carbons (Fsp3) is 0.242. The number of carbonyl (C=O) groups is 3.